The number of carbonyl (C=O) groups excluding carboxylic acids is 1. The molecule has 3 aromatic rings. The van der Waals surface area contributed by atoms with Crippen molar-refractivity contribution in [3.05, 3.63) is 70.6 Å². The molecular weight excluding hydrogens is 328 g/mol. The molecule has 0 saturated heterocycles. The molecule has 0 spiro atoms. The van der Waals surface area contributed by atoms with Crippen molar-refractivity contribution in [1.82, 2.24) is 15.1 Å². The lowest BCUT2D eigenvalue weighted by Crippen LogP contribution is -2.34. The molecule has 26 heavy (non-hydrogen) atoms. The molecule has 0 aliphatic rings. The zero-order chi connectivity index (χ0) is 18.5. The van der Waals surface area contributed by atoms with E-state index in [1.54, 1.807) is 11.1 Å². The van der Waals surface area contributed by atoms with Crippen molar-refractivity contribution in [2.75, 3.05) is 25.5 Å². The molecule has 6 nitrogen and oxygen atoms in total. The van der Waals surface area contributed by atoms with Gasteiger partial charge in [0.25, 0.3) is 5.56 Å². The van der Waals surface area contributed by atoms with Gasteiger partial charge in [0, 0.05) is 26.7 Å². The summed E-state index contributed by atoms with van der Waals surface area (Å²) in [5.74, 6) is -0.225. The number of hydrogen-bond donors (Lipinski definition) is 1. The summed E-state index contributed by atoms with van der Waals surface area (Å²) in [6.07, 6.45) is 2.31. The fourth-order valence-electron chi connectivity index (χ4n) is 2.83. The summed E-state index contributed by atoms with van der Waals surface area (Å²) in [4.78, 5) is 25.9. The summed E-state index contributed by atoms with van der Waals surface area (Å²) in [7, 11) is 3.67. The van der Waals surface area contributed by atoms with Crippen LogP contribution in [-0.2, 0) is 17.8 Å². The maximum absolute atomic E-state index is 12.1. The van der Waals surface area contributed by atoms with Gasteiger partial charge in [0.05, 0.1) is 11.9 Å². The second-order valence-corrected chi connectivity index (χ2v) is 6.34. The normalized spacial score (nSPS) is 10.7. The summed E-state index contributed by atoms with van der Waals surface area (Å²) < 4.78 is 1.17. The Morgan fingerprint density at radius 2 is 1.92 bits per heavy atom. The number of amides is 1. The Morgan fingerprint density at radius 3 is 2.69 bits per heavy atom. The molecule has 0 atom stereocenters. The van der Waals surface area contributed by atoms with Gasteiger partial charge in [-0.15, -0.1) is 0 Å². The second kappa shape index (κ2) is 7.82. The lowest BCUT2D eigenvalue weighted by Gasteiger charge is -2.12. The third-order valence-electron chi connectivity index (χ3n) is 4.26. The molecule has 0 unspecified atom stereocenters. The van der Waals surface area contributed by atoms with Crippen LogP contribution < -0.4 is 15.8 Å². The Bertz CT molecular complexity index is 973. The Kier molecular flexibility index (Phi) is 5.31. The van der Waals surface area contributed by atoms with Crippen LogP contribution in [0.3, 0.4) is 0 Å². The highest BCUT2D eigenvalue weighted by molar-refractivity contribution is 5.85. The van der Waals surface area contributed by atoms with E-state index >= 15 is 0 Å². The van der Waals surface area contributed by atoms with E-state index in [1.165, 1.54) is 27.1 Å². The number of rotatable bonds is 6. The summed E-state index contributed by atoms with van der Waals surface area (Å²) in [6, 6.07) is 15.8. The van der Waals surface area contributed by atoms with E-state index in [-0.39, 0.29) is 18.0 Å². The lowest BCUT2D eigenvalue weighted by atomic mass is 10.0. The molecule has 1 aromatic heterocycles. The largest absolute Gasteiger partial charge is 0.376 e. The Morgan fingerprint density at radius 1 is 1.15 bits per heavy atom. The monoisotopic (exact) mass is 350 g/mol. The van der Waals surface area contributed by atoms with Gasteiger partial charge < -0.3 is 10.2 Å². The van der Waals surface area contributed by atoms with Gasteiger partial charge in [0.1, 0.15) is 6.54 Å². The molecule has 0 saturated carbocycles. The van der Waals surface area contributed by atoms with Crippen molar-refractivity contribution in [2.45, 2.75) is 13.0 Å². The van der Waals surface area contributed by atoms with Gasteiger partial charge in [-0.05, 0) is 22.8 Å². The number of carbonyl (C=O) groups is 1. The Labute approximate surface area is 152 Å². The summed E-state index contributed by atoms with van der Waals surface area (Å²) in [6.45, 7) is 0.430. The molecule has 0 radical (unpaired) electrons. The highest BCUT2D eigenvalue weighted by Gasteiger charge is 2.07. The lowest BCUT2D eigenvalue weighted by molar-refractivity contribution is -0.121. The van der Waals surface area contributed by atoms with Crippen molar-refractivity contribution < 1.29 is 4.79 Å². The zero-order valence-electron chi connectivity index (χ0n) is 15.0. The van der Waals surface area contributed by atoms with Crippen molar-refractivity contribution in [2.24, 2.45) is 0 Å². The van der Waals surface area contributed by atoms with E-state index in [0.717, 1.165) is 6.42 Å². The maximum atomic E-state index is 12.1. The third-order valence-corrected chi connectivity index (χ3v) is 4.26. The van der Waals surface area contributed by atoms with Gasteiger partial charge >= 0.3 is 0 Å². The number of fused-ring (bicyclic) bond motifs is 1. The van der Waals surface area contributed by atoms with Crippen LogP contribution in [0, 0.1) is 0 Å². The molecule has 0 bridgehead atoms. The topological polar surface area (TPSA) is 67.2 Å². The highest BCUT2D eigenvalue weighted by atomic mass is 16.2. The van der Waals surface area contributed by atoms with Crippen LogP contribution in [0.25, 0.3) is 10.8 Å². The minimum atomic E-state index is -0.291. The van der Waals surface area contributed by atoms with E-state index in [1.807, 2.05) is 32.3 Å². The van der Waals surface area contributed by atoms with Gasteiger partial charge in [-0.3, -0.25) is 9.59 Å². The van der Waals surface area contributed by atoms with Gasteiger partial charge in [-0.2, -0.15) is 5.10 Å². The summed E-state index contributed by atoms with van der Waals surface area (Å²) >= 11 is 0. The summed E-state index contributed by atoms with van der Waals surface area (Å²) in [5, 5.41) is 9.29. The molecule has 1 amide bonds. The average Bonchev–Trinajstić information content (AvgIpc) is 2.63. The van der Waals surface area contributed by atoms with E-state index in [9.17, 15) is 9.59 Å². The molecule has 3 rings (SSSR count). The van der Waals surface area contributed by atoms with E-state index in [4.69, 9.17) is 0 Å². The van der Waals surface area contributed by atoms with Gasteiger partial charge in [0.15, 0.2) is 0 Å². The first-order valence-corrected chi connectivity index (χ1v) is 8.52. The quantitative estimate of drug-likeness (QED) is 0.736. The number of nitrogens with zero attached hydrogens (tertiary/aromatic N) is 3. The molecule has 0 aliphatic heterocycles. The standard InChI is InChI=1S/C20H22N4O2/c1-23(2)17-12-20(26)24(22-13-17)14-19(25)21-11-10-16-8-5-7-15-6-3-4-9-18(15)16/h3-9,12-13H,10-11,14H2,1-2H3,(H,21,25). The first-order chi connectivity index (χ1) is 12.5. The van der Waals surface area contributed by atoms with Crippen LogP contribution in [0.2, 0.25) is 0 Å². The number of hydrogen-bond acceptors (Lipinski definition) is 4. The molecule has 1 N–H and O–H groups in total. The first kappa shape index (κ1) is 17.7. The number of aromatic nitrogens is 2. The fraction of sp³-hybridized carbons (Fsp3) is 0.250. The van der Waals surface area contributed by atoms with Crippen LogP contribution in [0.1, 0.15) is 5.56 Å². The van der Waals surface area contributed by atoms with Crippen LogP contribution in [0.4, 0.5) is 5.69 Å². The smallest absolute Gasteiger partial charge is 0.269 e. The number of anilines is 1. The van der Waals surface area contributed by atoms with Crippen LogP contribution in [0.5, 0.6) is 0 Å². The van der Waals surface area contributed by atoms with E-state index < -0.39 is 0 Å². The predicted molar refractivity (Wildman–Crippen MR) is 103 cm³/mol. The van der Waals surface area contributed by atoms with E-state index in [2.05, 4.69) is 34.7 Å². The van der Waals surface area contributed by atoms with E-state index in [0.29, 0.717) is 12.2 Å². The molecule has 0 fully saturated rings. The summed E-state index contributed by atoms with van der Waals surface area (Å²) in [5.41, 5.74) is 1.61. The average molecular weight is 350 g/mol. The highest BCUT2D eigenvalue weighted by Crippen LogP contribution is 2.18. The SMILES string of the molecule is CN(C)c1cnn(CC(=O)NCCc2cccc3ccccc23)c(=O)c1. The fourth-order valence-corrected chi connectivity index (χ4v) is 2.83. The van der Waals surface area contributed by atoms with Gasteiger partial charge in [-0.1, -0.05) is 42.5 Å². The minimum absolute atomic E-state index is 0.0813. The second-order valence-electron chi connectivity index (χ2n) is 6.34. The molecular formula is C20H22N4O2. The van der Waals surface area contributed by atoms with Gasteiger partial charge in [0.2, 0.25) is 5.91 Å². The number of benzene rings is 2. The van der Waals surface area contributed by atoms with Crippen molar-refractivity contribution >= 4 is 22.4 Å². The van der Waals surface area contributed by atoms with Crippen molar-refractivity contribution in [3.8, 4) is 0 Å². The first-order valence-electron chi connectivity index (χ1n) is 8.52. The van der Waals surface area contributed by atoms with Crippen molar-refractivity contribution in [1.29, 1.82) is 0 Å². The molecule has 2 aromatic carbocycles. The predicted octanol–water partition coefficient (Wildman–Crippen LogP) is 1.82. The molecule has 6 heteroatoms. The van der Waals surface area contributed by atoms with Crippen LogP contribution in [0.15, 0.2) is 59.5 Å². The minimum Gasteiger partial charge on any atom is -0.376 e. The Hall–Kier alpha value is -3.15. The van der Waals surface area contributed by atoms with Crippen molar-refractivity contribution in [3.63, 3.8) is 0 Å². The van der Waals surface area contributed by atoms with Crippen LogP contribution >= 0.6 is 0 Å². The number of nitrogens with one attached hydrogen (secondary N) is 1. The van der Waals surface area contributed by atoms with Crippen LogP contribution in [-0.4, -0.2) is 36.3 Å². The Balaban J connectivity index is 1.58. The third kappa shape index (κ3) is 4.08. The molecule has 0 aliphatic carbocycles. The van der Waals surface area contributed by atoms with Gasteiger partial charge in [-0.25, -0.2) is 4.68 Å². The molecule has 134 valence electrons. The molecule has 1 heterocycles. The maximum Gasteiger partial charge on any atom is 0.269 e. The zero-order valence-corrected chi connectivity index (χ0v) is 15.0.